The number of hydrogen-bond donors (Lipinski definition) is 1. The van der Waals surface area contributed by atoms with E-state index in [-0.39, 0.29) is 26.4 Å². The molecule has 152 valence electrons. The molecule has 0 saturated heterocycles. The molecule has 0 atom stereocenters. The summed E-state index contributed by atoms with van der Waals surface area (Å²) in [7, 11) is 0. The second-order valence-electron chi connectivity index (χ2n) is 3.37. The molecule has 27 heavy (non-hydrogen) atoms. The first kappa shape index (κ1) is 28.7. The first-order chi connectivity index (χ1) is 12.8. The number of ether oxygens (including phenoxy) is 5. The van der Waals surface area contributed by atoms with Gasteiger partial charge in [-0.1, -0.05) is 26.3 Å². The van der Waals surface area contributed by atoms with Gasteiger partial charge in [-0.2, -0.15) is 0 Å². The van der Waals surface area contributed by atoms with Crippen LogP contribution >= 0.6 is 11.6 Å². The maximum absolute atomic E-state index is 10.5. The average molecular weight is 409 g/mol. The van der Waals surface area contributed by atoms with Crippen LogP contribution in [0.4, 0.5) is 9.59 Å². The van der Waals surface area contributed by atoms with Crippen molar-refractivity contribution in [3.05, 3.63) is 51.0 Å². The number of hydrogen-bond acceptors (Lipinski definition) is 10. The smallest absolute Gasteiger partial charge is 0.460 e. The maximum atomic E-state index is 10.5. The predicted octanol–water partition coefficient (Wildman–Crippen LogP) is 2.23. The van der Waals surface area contributed by atoms with Crippen LogP contribution in [0.2, 0.25) is 0 Å². The van der Waals surface area contributed by atoms with Crippen molar-refractivity contribution in [2.24, 2.45) is 0 Å². The van der Waals surface area contributed by atoms with Gasteiger partial charge in [-0.05, 0) is 0 Å². The van der Waals surface area contributed by atoms with Gasteiger partial charge in [-0.3, -0.25) is 0 Å². The number of halogens is 1. The van der Waals surface area contributed by atoms with Crippen LogP contribution in [0.1, 0.15) is 0 Å². The van der Waals surface area contributed by atoms with Crippen LogP contribution in [0.3, 0.4) is 0 Å². The summed E-state index contributed by atoms with van der Waals surface area (Å²) in [5.41, 5.74) is -0.856. The lowest BCUT2D eigenvalue weighted by Gasteiger charge is -2.02. The second kappa shape index (κ2) is 22.9. The van der Waals surface area contributed by atoms with Crippen molar-refractivity contribution < 1.29 is 48.0 Å². The highest BCUT2D eigenvalue weighted by atomic mass is 35.5. The van der Waals surface area contributed by atoms with Crippen LogP contribution in [0.15, 0.2) is 51.0 Å². The summed E-state index contributed by atoms with van der Waals surface area (Å²) in [6.07, 6.45) is 3.09. The van der Waals surface area contributed by atoms with Crippen molar-refractivity contribution in [1.29, 1.82) is 0 Å². The van der Waals surface area contributed by atoms with E-state index in [4.69, 9.17) is 5.11 Å². The Morgan fingerprint density at radius 2 is 1.22 bits per heavy atom. The molecule has 0 aromatic carbocycles. The molecule has 0 amide bonds. The fourth-order valence-electron chi connectivity index (χ4n) is 0.699. The SMILES string of the molecule is C=CC(=O)OCCO.C=COC(=O)Cl.C=COC(=O)OCCOC(=O)C=C. The number of carbonyl (C=O) groups is 4. The van der Waals surface area contributed by atoms with Gasteiger partial charge < -0.3 is 28.8 Å². The fourth-order valence-corrected chi connectivity index (χ4v) is 0.762. The van der Waals surface area contributed by atoms with E-state index in [2.05, 4.69) is 61.6 Å². The third-order valence-corrected chi connectivity index (χ3v) is 1.66. The number of aliphatic hydroxyl groups is 1. The van der Waals surface area contributed by atoms with E-state index in [0.29, 0.717) is 0 Å². The second-order valence-corrected chi connectivity index (χ2v) is 3.68. The van der Waals surface area contributed by atoms with Gasteiger partial charge in [-0.15, -0.1) is 0 Å². The third kappa shape index (κ3) is 31.2. The summed E-state index contributed by atoms with van der Waals surface area (Å²) < 4.78 is 21.4. The molecule has 0 saturated carbocycles. The van der Waals surface area contributed by atoms with Gasteiger partial charge >= 0.3 is 23.5 Å². The van der Waals surface area contributed by atoms with Gasteiger partial charge in [0.1, 0.15) is 19.8 Å². The molecule has 11 heteroatoms. The minimum atomic E-state index is -0.885. The van der Waals surface area contributed by atoms with E-state index >= 15 is 0 Å². The monoisotopic (exact) mass is 408 g/mol. The Balaban J connectivity index is -0.000000351. The zero-order chi connectivity index (χ0) is 21.5. The minimum absolute atomic E-state index is 0.0307. The Hall–Kier alpha value is -3.11. The highest BCUT2D eigenvalue weighted by molar-refractivity contribution is 6.61. The van der Waals surface area contributed by atoms with Crippen LogP contribution in [0.5, 0.6) is 0 Å². The fraction of sp³-hybridized carbons (Fsp3) is 0.250. The summed E-state index contributed by atoms with van der Waals surface area (Å²) in [5, 5.41) is 8.10. The first-order valence-electron chi connectivity index (χ1n) is 6.89. The summed E-state index contributed by atoms with van der Waals surface area (Å²) >= 11 is 4.65. The minimum Gasteiger partial charge on any atom is -0.460 e. The standard InChI is InChI=1S/C8H10O5.C5H8O3.C3H3ClO2/c1-3-7(9)12-5-6-13-8(10)11-4-2;1-2-5(7)8-4-3-6;1-2-6-3(4)5/h3-4H,1-2,5-6H2;2,6H,1,3-4H2;2H,1H2. The molecule has 0 rings (SSSR count). The molecule has 0 heterocycles. The molecule has 0 unspecified atom stereocenters. The van der Waals surface area contributed by atoms with Crippen molar-refractivity contribution in [2.75, 3.05) is 26.4 Å². The normalized spacial score (nSPS) is 7.93. The number of carbonyl (C=O) groups excluding carboxylic acids is 4. The Morgan fingerprint density at radius 3 is 1.56 bits per heavy atom. The Labute approximate surface area is 161 Å². The highest BCUT2D eigenvalue weighted by Gasteiger charge is 2.01. The summed E-state index contributed by atoms with van der Waals surface area (Å²) in [6.45, 7) is 12.4. The van der Waals surface area contributed by atoms with Crippen molar-refractivity contribution in [3.63, 3.8) is 0 Å². The molecule has 0 bridgehead atoms. The summed E-state index contributed by atoms with van der Waals surface area (Å²) in [4.78, 5) is 40.6. The highest BCUT2D eigenvalue weighted by Crippen LogP contribution is 1.86. The molecule has 0 aromatic heterocycles. The van der Waals surface area contributed by atoms with E-state index in [9.17, 15) is 19.2 Å². The quantitative estimate of drug-likeness (QED) is 0.151. The van der Waals surface area contributed by atoms with E-state index < -0.39 is 23.5 Å². The van der Waals surface area contributed by atoms with Crippen molar-refractivity contribution in [1.82, 2.24) is 0 Å². The molecule has 0 aromatic rings. The molecule has 1 N–H and O–H groups in total. The van der Waals surface area contributed by atoms with Gasteiger partial charge in [0.25, 0.3) is 0 Å². The third-order valence-electron chi connectivity index (χ3n) is 1.57. The van der Waals surface area contributed by atoms with Crippen molar-refractivity contribution in [3.8, 4) is 0 Å². The van der Waals surface area contributed by atoms with E-state index in [1.807, 2.05) is 0 Å². The van der Waals surface area contributed by atoms with E-state index in [1.54, 1.807) is 0 Å². The van der Waals surface area contributed by atoms with Gasteiger partial charge in [0.15, 0.2) is 0 Å². The Kier molecular flexibility index (Phi) is 24.3. The molecule has 0 aliphatic heterocycles. The maximum Gasteiger partial charge on any atom is 0.513 e. The van der Waals surface area contributed by atoms with Crippen LogP contribution < -0.4 is 0 Å². The zero-order valence-electron chi connectivity index (χ0n) is 14.5. The molecular formula is C16H21ClO10. The van der Waals surface area contributed by atoms with E-state index in [1.165, 1.54) is 0 Å². The van der Waals surface area contributed by atoms with Gasteiger partial charge in [0.05, 0.1) is 19.1 Å². The van der Waals surface area contributed by atoms with Crippen LogP contribution in [0.25, 0.3) is 0 Å². The number of esters is 2. The lowest BCUT2D eigenvalue weighted by molar-refractivity contribution is -0.139. The molecule has 0 spiro atoms. The first-order valence-corrected chi connectivity index (χ1v) is 7.27. The average Bonchev–Trinajstić information content (AvgIpc) is 2.64. The molecule has 0 aliphatic rings. The topological polar surface area (TPSA) is 135 Å². The van der Waals surface area contributed by atoms with Gasteiger partial charge in [0.2, 0.25) is 0 Å². The lowest BCUT2D eigenvalue weighted by atomic mass is 10.6. The Morgan fingerprint density at radius 1 is 0.778 bits per heavy atom. The summed E-state index contributed by atoms with van der Waals surface area (Å²) in [6, 6.07) is 0. The number of aliphatic hydroxyl groups excluding tert-OH is 1. The predicted molar refractivity (Wildman–Crippen MR) is 94.6 cm³/mol. The summed E-state index contributed by atoms with van der Waals surface area (Å²) in [5.74, 6) is -1.07. The largest absolute Gasteiger partial charge is 0.513 e. The van der Waals surface area contributed by atoms with Crippen molar-refractivity contribution in [2.45, 2.75) is 0 Å². The molecule has 10 nitrogen and oxygen atoms in total. The van der Waals surface area contributed by atoms with Gasteiger partial charge in [-0.25, -0.2) is 19.2 Å². The van der Waals surface area contributed by atoms with Gasteiger partial charge in [0, 0.05) is 23.8 Å². The zero-order valence-corrected chi connectivity index (χ0v) is 15.2. The van der Waals surface area contributed by atoms with Crippen molar-refractivity contribution >= 4 is 35.1 Å². The van der Waals surface area contributed by atoms with Crippen LogP contribution in [-0.2, 0) is 33.3 Å². The molecule has 0 fully saturated rings. The molecular weight excluding hydrogens is 388 g/mol. The molecule has 0 radical (unpaired) electrons. The van der Waals surface area contributed by atoms with E-state index in [0.717, 1.165) is 24.7 Å². The van der Waals surface area contributed by atoms with Crippen LogP contribution in [-0.4, -0.2) is 55.1 Å². The number of rotatable bonds is 9. The lowest BCUT2D eigenvalue weighted by Crippen LogP contribution is -2.12. The Bertz CT molecular complexity index is 501. The molecule has 0 aliphatic carbocycles. The van der Waals surface area contributed by atoms with Crippen LogP contribution in [0, 0.1) is 0 Å².